The fourth-order valence-electron chi connectivity index (χ4n) is 2.72. The molecule has 0 saturated heterocycles. The van der Waals surface area contributed by atoms with Crippen LogP contribution in [-0.2, 0) is 6.54 Å². The first-order valence-corrected chi connectivity index (χ1v) is 7.20. The first-order valence-electron chi connectivity index (χ1n) is 7.20. The molecule has 0 aliphatic heterocycles. The van der Waals surface area contributed by atoms with Gasteiger partial charge in [0.15, 0.2) is 0 Å². The lowest BCUT2D eigenvalue weighted by molar-refractivity contribution is 0.414. The second-order valence-electron chi connectivity index (χ2n) is 5.53. The van der Waals surface area contributed by atoms with E-state index < -0.39 is 0 Å². The van der Waals surface area contributed by atoms with Gasteiger partial charge in [0.1, 0.15) is 5.75 Å². The number of rotatable bonds is 5. The lowest BCUT2D eigenvalue weighted by Crippen LogP contribution is -2.17. The summed E-state index contributed by atoms with van der Waals surface area (Å²) in [6.45, 7) is 3.07. The zero-order valence-corrected chi connectivity index (χ0v) is 12.1. The molecular weight excluding hydrogens is 246 g/mol. The van der Waals surface area contributed by atoms with Gasteiger partial charge in [0.05, 0.1) is 7.11 Å². The topological polar surface area (TPSA) is 21.3 Å². The number of hydrogen-bond acceptors (Lipinski definition) is 2. The van der Waals surface area contributed by atoms with Gasteiger partial charge in [0.2, 0.25) is 0 Å². The highest BCUT2D eigenvalue weighted by molar-refractivity contribution is 5.35. The van der Waals surface area contributed by atoms with Crippen LogP contribution in [-0.4, -0.2) is 13.2 Å². The van der Waals surface area contributed by atoms with Crippen LogP contribution < -0.4 is 10.1 Å². The van der Waals surface area contributed by atoms with Crippen molar-refractivity contribution in [3.8, 4) is 5.75 Å². The summed E-state index contributed by atoms with van der Waals surface area (Å²) < 4.78 is 5.24. The van der Waals surface area contributed by atoms with Gasteiger partial charge in [0, 0.05) is 18.5 Å². The monoisotopic (exact) mass is 267 g/mol. The molecule has 0 heterocycles. The molecule has 3 rings (SSSR count). The van der Waals surface area contributed by atoms with Crippen LogP contribution in [0.25, 0.3) is 0 Å². The molecule has 0 radical (unpaired) electrons. The molecule has 1 aliphatic carbocycles. The van der Waals surface area contributed by atoms with Crippen molar-refractivity contribution >= 4 is 0 Å². The van der Waals surface area contributed by atoms with Gasteiger partial charge in [-0.2, -0.15) is 0 Å². The Kier molecular flexibility index (Phi) is 3.75. The lowest BCUT2D eigenvalue weighted by atomic mass is 10.1. The Morgan fingerprint density at radius 1 is 1.15 bits per heavy atom. The van der Waals surface area contributed by atoms with Crippen LogP contribution in [0.5, 0.6) is 5.75 Å². The molecule has 0 spiro atoms. The molecule has 0 amide bonds. The Morgan fingerprint density at radius 3 is 2.65 bits per heavy atom. The van der Waals surface area contributed by atoms with Gasteiger partial charge in [-0.15, -0.1) is 0 Å². The Hall–Kier alpha value is -1.80. The molecule has 2 aromatic carbocycles. The maximum Gasteiger partial charge on any atom is 0.119 e. The molecule has 0 aromatic heterocycles. The maximum atomic E-state index is 5.24. The highest BCUT2D eigenvalue weighted by Gasteiger charge is 2.37. The van der Waals surface area contributed by atoms with Gasteiger partial charge in [-0.05, 0) is 42.2 Å². The van der Waals surface area contributed by atoms with Gasteiger partial charge in [-0.25, -0.2) is 0 Å². The van der Waals surface area contributed by atoms with Crippen LogP contribution in [0.3, 0.4) is 0 Å². The second-order valence-corrected chi connectivity index (χ2v) is 5.53. The predicted octanol–water partition coefficient (Wildman–Crippen LogP) is 3.65. The van der Waals surface area contributed by atoms with E-state index in [1.54, 1.807) is 7.11 Å². The van der Waals surface area contributed by atoms with Crippen molar-refractivity contribution in [2.75, 3.05) is 7.11 Å². The van der Waals surface area contributed by atoms with E-state index in [0.29, 0.717) is 12.0 Å². The second kappa shape index (κ2) is 5.68. The van der Waals surface area contributed by atoms with E-state index >= 15 is 0 Å². The molecule has 1 N–H and O–H groups in total. The number of methoxy groups -OCH3 is 1. The summed E-state index contributed by atoms with van der Waals surface area (Å²) in [6, 6.07) is 17.7. The third kappa shape index (κ3) is 2.86. The standard InChI is InChI=1S/C18H21NO/c1-13-10-16(20-2)9-8-15(13)12-19-18-11-17(18)14-6-4-3-5-7-14/h3-10,17-19H,11-12H2,1-2H3. The third-order valence-electron chi connectivity index (χ3n) is 4.12. The minimum atomic E-state index is 0.624. The molecule has 2 atom stereocenters. The Morgan fingerprint density at radius 2 is 1.95 bits per heavy atom. The highest BCUT2D eigenvalue weighted by Crippen LogP contribution is 2.40. The van der Waals surface area contributed by atoms with Crippen molar-refractivity contribution in [2.24, 2.45) is 0 Å². The number of benzene rings is 2. The van der Waals surface area contributed by atoms with Crippen molar-refractivity contribution in [3.05, 3.63) is 65.2 Å². The van der Waals surface area contributed by atoms with Crippen LogP contribution >= 0.6 is 0 Å². The SMILES string of the molecule is COc1ccc(CNC2CC2c2ccccc2)c(C)c1. The van der Waals surface area contributed by atoms with E-state index in [2.05, 4.69) is 54.7 Å². The average molecular weight is 267 g/mol. The molecule has 1 aliphatic rings. The van der Waals surface area contributed by atoms with E-state index in [1.807, 2.05) is 6.07 Å². The molecule has 2 aromatic rings. The van der Waals surface area contributed by atoms with Crippen LogP contribution in [0, 0.1) is 6.92 Å². The first-order chi connectivity index (χ1) is 9.78. The highest BCUT2D eigenvalue weighted by atomic mass is 16.5. The van der Waals surface area contributed by atoms with Crippen molar-refractivity contribution in [2.45, 2.75) is 31.8 Å². The van der Waals surface area contributed by atoms with Crippen LogP contribution in [0.2, 0.25) is 0 Å². The predicted molar refractivity (Wildman–Crippen MR) is 82.2 cm³/mol. The summed E-state index contributed by atoms with van der Waals surface area (Å²) in [6.07, 6.45) is 1.25. The van der Waals surface area contributed by atoms with Gasteiger partial charge in [0.25, 0.3) is 0 Å². The summed E-state index contributed by atoms with van der Waals surface area (Å²) in [5, 5.41) is 3.66. The Labute approximate surface area is 120 Å². The number of hydrogen-bond donors (Lipinski definition) is 1. The molecular formula is C18H21NO. The minimum Gasteiger partial charge on any atom is -0.497 e. The van der Waals surface area contributed by atoms with E-state index in [0.717, 1.165) is 12.3 Å². The Bertz CT molecular complexity index is 579. The third-order valence-corrected chi connectivity index (χ3v) is 4.12. The fourth-order valence-corrected chi connectivity index (χ4v) is 2.72. The summed E-state index contributed by atoms with van der Waals surface area (Å²) in [7, 11) is 1.71. The zero-order chi connectivity index (χ0) is 13.9. The van der Waals surface area contributed by atoms with Gasteiger partial charge in [-0.3, -0.25) is 0 Å². The van der Waals surface area contributed by atoms with E-state index in [4.69, 9.17) is 4.74 Å². The normalized spacial score (nSPS) is 20.7. The largest absolute Gasteiger partial charge is 0.497 e. The van der Waals surface area contributed by atoms with Crippen LogP contribution in [0.15, 0.2) is 48.5 Å². The number of aryl methyl sites for hydroxylation is 1. The minimum absolute atomic E-state index is 0.624. The molecule has 2 nitrogen and oxygen atoms in total. The molecule has 104 valence electrons. The molecule has 1 fully saturated rings. The molecule has 2 unspecified atom stereocenters. The summed E-state index contributed by atoms with van der Waals surface area (Å²) in [5.74, 6) is 1.62. The quantitative estimate of drug-likeness (QED) is 0.893. The fraction of sp³-hybridized carbons (Fsp3) is 0.333. The van der Waals surface area contributed by atoms with Crippen molar-refractivity contribution in [1.29, 1.82) is 0 Å². The maximum absolute atomic E-state index is 5.24. The molecule has 1 saturated carbocycles. The molecule has 0 bridgehead atoms. The zero-order valence-electron chi connectivity index (χ0n) is 12.1. The van der Waals surface area contributed by atoms with Gasteiger partial charge < -0.3 is 10.1 Å². The van der Waals surface area contributed by atoms with Crippen molar-refractivity contribution in [3.63, 3.8) is 0 Å². The summed E-state index contributed by atoms with van der Waals surface area (Å²) in [5.41, 5.74) is 4.09. The average Bonchev–Trinajstić information content (AvgIpc) is 3.26. The van der Waals surface area contributed by atoms with Crippen molar-refractivity contribution in [1.82, 2.24) is 5.32 Å². The smallest absolute Gasteiger partial charge is 0.119 e. The lowest BCUT2D eigenvalue weighted by Gasteiger charge is -2.09. The van der Waals surface area contributed by atoms with Crippen molar-refractivity contribution < 1.29 is 4.74 Å². The van der Waals surface area contributed by atoms with E-state index in [-0.39, 0.29) is 0 Å². The van der Waals surface area contributed by atoms with Gasteiger partial charge >= 0.3 is 0 Å². The van der Waals surface area contributed by atoms with Crippen LogP contribution in [0.4, 0.5) is 0 Å². The molecule has 2 heteroatoms. The number of ether oxygens (including phenoxy) is 1. The van der Waals surface area contributed by atoms with Crippen LogP contribution in [0.1, 0.15) is 29.0 Å². The van der Waals surface area contributed by atoms with E-state index in [9.17, 15) is 0 Å². The van der Waals surface area contributed by atoms with Gasteiger partial charge in [-0.1, -0.05) is 36.4 Å². The number of nitrogens with one attached hydrogen (secondary N) is 1. The molecule has 20 heavy (non-hydrogen) atoms. The Balaban J connectivity index is 1.56. The summed E-state index contributed by atoms with van der Waals surface area (Å²) in [4.78, 5) is 0. The summed E-state index contributed by atoms with van der Waals surface area (Å²) >= 11 is 0. The first kappa shape index (κ1) is 13.2. The van der Waals surface area contributed by atoms with E-state index in [1.165, 1.54) is 23.1 Å².